The van der Waals surface area contributed by atoms with Crippen molar-refractivity contribution in [1.29, 1.82) is 0 Å². The molecule has 1 saturated heterocycles. The summed E-state index contributed by atoms with van der Waals surface area (Å²) in [4.78, 5) is 6.78. The molecule has 0 aliphatic carbocycles. The van der Waals surface area contributed by atoms with Crippen LogP contribution in [0.1, 0.15) is 25.3 Å². The van der Waals surface area contributed by atoms with Gasteiger partial charge in [-0.05, 0) is 31.2 Å². The van der Waals surface area contributed by atoms with Crippen LogP contribution in [0.5, 0.6) is 0 Å². The fraction of sp³-hybridized carbons (Fsp3) is 0.583. The minimum Gasteiger partial charge on any atom is -0.398 e. The summed E-state index contributed by atoms with van der Waals surface area (Å²) in [6.45, 7) is 6.50. The van der Waals surface area contributed by atoms with Gasteiger partial charge in [0.25, 0.3) is 0 Å². The third-order valence-corrected chi connectivity index (χ3v) is 3.11. The van der Waals surface area contributed by atoms with Crippen LogP contribution < -0.4 is 10.6 Å². The van der Waals surface area contributed by atoms with Crippen molar-refractivity contribution in [3.63, 3.8) is 0 Å². The van der Waals surface area contributed by atoms with Crippen molar-refractivity contribution in [3.05, 3.63) is 17.8 Å². The average molecular weight is 205 g/mol. The van der Waals surface area contributed by atoms with E-state index in [2.05, 4.69) is 16.8 Å². The Morgan fingerprint density at radius 3 is 3.00 bits per heavy atom. The monoisotopic (exact) mass is 205 g/mol. The number of nitrogens with zero attached hydrogens (tertiary/aromatic N) is 2. The van der Waals surface area contributed by atoms with Gasteiger partial charge in [0.15, 0.2) is 0 Å². The summed E-state index contributed by atoms with van der Waals surface area (Å²) in [5.41, 5.74) is 7.80. The van der Waals surface area contributed by atoms with E-state index in [9.17, 15) is 0 Å². The Morgan fingerprint density at radius 1 is 1.53 bits per heavy atom. The van der Waals surface area contributed by atoms with Gasteiger partial charge in [0.1, 0.15) is 5.82 Å². The quantitative estimate of drug-likeness (QED) is 0.764. The number of aryl methyl sites for hydroxylation is 1. The molecular formula is C12H19N3. The molecule has 2 rings (SSSR count). The first-order valence-corrected chi connectivity index (χ1v) is 5.64. The van der Waals surface area contributed by atoms with E-state index in [0.29, 0.717) is 0 Å². The predicted octanol–water partition coefficient (Wildman–Crippen LogP) is 2.21. The van der Waals surface area contributed by atoms with Gasteiger partial charge in [0.2, 0.25) is 0 Å². The van der Waals surface area contributed by atoms with Crippen LogP contribution in [0.3, 0.4) is 0 Å². The van der Waals surface area contributed by atoms with E-state index in [-0.39, 0.29) is 0 Å². The van der Waals surface area contributed by atoms with Gasteiger partial charge in [-0.1, -0.05) is 6.92 Å². The normalized spacial score (nSPS) is 21.7. The fourth-order valence-corrected chi connectivity index (χ4v) is 2.10. The van der Waals surface area contributed by atoms with Crippen molar-refractivity contribution in [3.8, 4) is 0 Å². The van der Waals surface area contributed by atoms with Gasteiger partial charge in [-0.3, -0.25) is 0 Å². The molecule has 1 aliphatic rings. The van der Waals surface area contributed by atoms with Crippen molar-refractivity contribution in [2.45, 2.75) is 26.7 Å². The summed E-state index contributed by atoms with van der Waals surface area (Å²) >= 11 is 0. The molecular weight excluding hydrogens is 186 g/mol. The first kappa shape index (κ1) is 10.3. The predicted molar refractivity (Wildman–Crippen MR) is 64.0 cm³/mol. The lowest BCUT2D eigenvalue weighted by atomic mass is 10.0. The third-order valence-electron chi connectivity index (χ3n) is 3.11. The lowest BCUT2D eigenvalue weighted by Gasteiger charge is -2.32. The van der Waals surface area contributed by atoms with E-state index >= 15 is 0 Å². The molecule has 0 radical (unpaired) electrons. The lowest BCUT2D eigenvalue weighted by Crippen LogP contribution is -2.34. The zero-order valence-electron chi connectivity index (χ0n) is 9.53. The van der Waals surface area contributed by atoms with Gasteiger partial charge in [-0.25, -0.2) is 4.98 Å². The summed E-state index contributed by atoms with van der Waals surface area (Å²) in [5, 5.41) is 0. The molecule has 1 aromatic heterocycles. The first-order valence-electron chi connectivity index (χ1n) is 5.64. The molecule has 1 aromatic rings. The van der Waals surface area contributed by atoms with E-state index in [4.69, 9.17) is 5.73 Å². The van der Waals surface area contributed by atoms with Gasteiger partial charge in [0.05, 0.1) is 0 Å². The minimum absolute atomic E-state index is 0.767. The molecule has 0 spiro atoms. The Balaban J connectivity index is 2.18. The highest BCUT2D eigenvalue weighted by atomic mass is 15.2. The maximum Gasteiger partial charge on any atom is 0.130 e. The van der Waals surface area contributed by atoms with E-state index in [1.807, 2.05) is 19.2 Å². The molecule has 1 fully saturated rings. The SMILES string of the molecule is Cc1cnc(N2CCCC(C)C2)cc1N. The molecule has 3 heteroatoms. The fourth-order valence-electron chi connectivity index (χ4n) is 2.10. The minimum atomic E-state index is 0.767. The first-order chi connectivity index (χ1) is 7.16. The number of anilines is 2. The summed E-state index contributed by atoms with van der Waals surface area (Å²) in [6, 6.07) is 1.99. The molecule has 2 N–H and O–H groups in total. The van der Waals surface area contributed by atoms with Crippen molar-refractivity contribution in [1.82, 2.24) is 4.98 Å². The number of hydrogen-bond donors (Lipinski definition) is 1. The highest BCUT2D eigenvalue weighted by Crippen LogP contribution is 2.23. The Bertz CT molecular complexity index is 349. The smallest absolute Gasteiger partial charge is 0.130 e. The molecule has 0 amide bonds. The van der Waals surface area contributed by atoms with Crippen LogP contribution in [0.4, 0.5) is 11.5 Å². The van der Waals surface area contributed by atoms with Gasteiger partial charge >= 0.3 is 0 Å². The van der Waals surface area contributed by atoms with Gasteiger partial charge in [0, 0.05) is 31.0 Å². The molecule has 2 heterocycles. The number of aromatic nitrogens is 1. The van der Waals surface area contributed by atoms with E-state index in [0.717, 1.165) is 36.1 Å². The van der Waals surface area contributed by atoms with Crippen LogP contribution in [0.2, 0.25) is 0 Å². The van der Waals surface area contributed by atoms with Crippen LogP contribution in [-0.4, -0.2) is 18.1 Å². The van der Waals surface area contributed by atoms with Gasteiger partial charge in [-0.15, -0.1) is 0 Å². The number of piperidine rings is 1. The number of hydrogen-bond acceptors (Lipinski definition) is 3. The summed E-state index contributed by atoms with van der Waals surface area (Å²) in [7, 11) is 0. The topological polar surface area (TPSA) is 42.2 Å². The van der Waals surface area contributed by atoms with E-state index < -0.39 is 0 Å². The lowest BCUT2D eigenvalue weighted by molar-refractivity contribution is 0.444. The number of nitrogen functional groups attached to an aromatic ring is 1. The molecule has 0 aromatic carbocycles. The maximum atomic E-state index is 5.90. The molecule has 1 unspecified atom stereocenters. The molecule has 1 aliphatic heterocycles. The Kier molecular flexibility index (Phi) is 2.80. The highest BCUT2D eigenvalue weighted by Gasteiger charge is 2.17. The van der Waals surface area contributed by atoms with Crippen LogP contribution in [-0.2, 0) is 0 Å². The molecule has 0 bridgehead atoms. The number of pyridine rings is 1. The van der Waals surface area contributed by atoms with Crippen molar-refractivity contribution >= 4 is 11.5 Å². The van der Waals surface area contributed by atoms with Gasteiger partial charge in [-0.2, -0.15) is 0 Å². The second-order valence-corrected chi connectivity index (χ2v) is 4.59. The van der Waals surface area contributed by atoms with Crippen molar-refractivity contribution in [2.24, 2.45) is 5.92 Å². The Hall–Kier alpha value is -1.25. The molecule has 82 valence electrons. The number of nitrogens with two attached hydrogens (primary N) is 1. The molecule has 15 heavy (non-hydrogen) atoms. The van der Waals surface area contributed by atoms with Crippen LogP contribution >= 0.6 is 0 Å². The van der Waals surface area contributed by atoms with Crippen LogP contribution in [0, 0.1) is 12.8 Å². The second kappa shape index (κ2) is 4.09. The van der Waals surface area contributed by atoms with Crippen molar-refractivity contribution < 1.29 is 0 Å². The standard InChI is InChI=1S/C12H19N3/c1-9-4-3-5-15(8-9)12-6-11(13)10(2)7-14-12/h6-7,9H,3-5,8H2,1-2H3,(H2,13,14). The van der Waals surface area contributed by atoms with E-state index in [1.54, 1.807) is 0 Å². The molecule has 3 nitrogen and oxygen atoms in total. The van der Waals surface area contributed by atoms with Crippen molar-refractivity contribution in [2.75, 3.05) is 23.7 Å². The molecule has 1 atom stereocenters. The zero-order chi connectivity index (χ0) is 10.8. The Labute approximate surface area is 91.3 Å². The second-order valence-electron chi connectivity index (χ2n) is 4.59. The third kappa shape index (κ3) is 2.22. The van der Waals surface area contributed by atoms with E-state index in [1.165, 1.54) is 12.8 Å². The summed E-state index contributed by atoms with van der Waals surface area (Å²) in [6.07, 6.45) is 4.46. The average Bonchev–Trinajstić information content (AvgIpc) is 2.22. The van der Waals surface area contributed by atoms with Gasteiger partial charge < -0.3 is 10.6 Å². The maximum absolute atomic E-state index is 5.90. The molecule has 0 saturated carbocycles. The highest BCUT2D eigenvalue weighted by molar-refractivity contribution is 5.54. The Morgan fingerprint density at radius 2 is 2.33 bits per heavy atom. The van der Waals surface area contributed by atoms with Crippen LogP contribution in [0.15, 0.2) is 12.3 Å². The largest absolute Gasteiger partial charge is 0.398 e. The van der Waals surface area contributed by atoms with Crippen LogP contribution in [0.25, 0.3) is 0 Å². The summed E-state index contributed by atoms with van der Waals surface area (Å²) in [5.74, 6) is 1.80. The number of rotatable bonds is 1. The zero-order valence-corrected chi connectivity index (χ0v) is 9.53. The summed E-state index contributed by atoms with van der Waals surface area (Å²) < 4.78 is 0.